The summed E-state index contributed by atoms with van der Waals surface area (Å²) >= 11 is 0. The maximum Gasteiger partial charge on any atom is 0.408 e. The third kappa shape index (κ3) is 6.47. The van der Waals surface area contributed by atoms with Gasteiger partial charge in [0.2, 0.25) is 5.91 Å². The van der Waals surface area contributed by atoms with Crippen LogP contribution in [0, 0.1) is 0 Å². The number of hydrazine groups is 1. The Morgan fingerprint density at radius 2 is 1.50 bits per heavy atom. The van der Waals surface area contributed by atoms with E-state index in [0.29, 0.717) is 5.82 Å². The van der Waals surface area contributed by atoms with Gasteiger partial charge < -0.3 is 14.6 Å². The Labute approximate surface area is 208 Å². The van der Waals surface area contributed by atoms with Crippen molar-refractivity contribution in [1.82, 2.24) is 25.7 Å². The Morgan fingerprint density at radius 3 is 2.19 bits per heavy atom. The second kappa shape index (κ2) is 11.7. The van der Waals surface area contributed by atoms with Gasteiger partial charge >= 0.3 is 6.09 Å². The number of rotatable bonds is 8. The van der Waals surface area contributed by atoms with Crippen LogP contribution in [0.5, 0.6) is 0 Å². The molecule has 4 rings (SSSR count). The summed E-state index contributed by atoms with van der Waals surface area (Å²) in [6.07, 6.45) is -0.546. The maximum atomic E-state index is 12.9. The zero-order valence-electron chi connectivity index (χ0n) is 19.8. The van der Waals surface area contributed by atoms with Gasteiger partial charge in [0.15, 0.2) is 0 Å². The lowest BCUT2D eigenvalue weighted by Gasteiger charge is -2.19. The lowest BCUT2D eigenvalue weighted by Crippen LogP contribution is -2.53. The van der Waals surface area contributed by atoms with Crippen LogP contribution in [0.1, 0.15) is 17.0 Å². The fraction of sp³-hybridized carbons (Fsp3) is 0.185. The van der Waals surface area contributed by atoms with Gasteiger partial charge in [-0.3, -0.25) is 20.4 Å². The van der Waals surface area contributed by atoms with Crippen molar-refractivity contribution in [3.8, 4) is 0 Å². The first-order valence-electron chi connectivity index (χ1n) is 11.5. The zero-order chi connectivity index (χ0) is 25.3. The quantitative estimate of drug-likeness (QED) is 0.332. The number of ether oxygens (including phenoxy) is 1. The highest BCUT2D eigenvalue weighted by Gasteiger charge is 2.23. The first-order chi connectivity index (χ1) is 17.5. The summed E-state index contributed by atoms with van der Waals surface area (Å²) in [7, 11) is 1.83. The molecular weight excluding hydrogens is 458 g/mol. The van der Waals surface area contributed by atoms with Crippen LogP contribution in [0.4, 0.5) is 4.79 Å². The predicted octanol–water partition coefficient (Wildman–Crippen LogP) is 2.80. The first-order valence-corrected chi connectivity index (χ1v) is 11.5. The number of hydrogen-bond acceptors (Lipinski definition) is 5. The van der Waals surface area contributed by atoms with Gasteiger partial charge in [0, 0.05) is 13.5 Å². The Balaban J connectivity index is 1.35. The van der Waals surface area contributed by atoms with E-state index < -0.39 is 23.9 Å². The van der Waals surface area contributed by atoms with E-state index in [1.165, 1.54) is 0 Å². The number of para-hydroxylation sites is 2. The molecule has 1 aromatic heterocycles. The number of aryl methyl sites for hydroxylation is 1. The molecule has 3 N–H and O–H groups in total. The number of alkyl carbamates (subject to hydrolysis) is 1. The number of amides is 3. The summed E-state index contributed by atoms with van der Waals surface area (Å²) in [6, 6.07) is 25.1. The summed E-state index contributed by atoms with van der Waals surface area (Å²) in [4.78, 5) is 42.3. The molecule has 0 aliphatic heterocycles. The van der Waals surface area contributed by atoms with E-state index >= 15 is 0 Å². The van der Waals surface area contributed by atoms with Crippen LogP contribution in [0.3, 0.4) is 0 Å². The molecule has 1 heterocycles. The predicted molar refractivity (Wildman–Crippen MR) is 134 cm³/mol. The molecule has 4 aromatic rings. The van der Waals surface area contributed by atoms with E-state index in [1.807, 2.05) is 96.5 Å². The van der Waals surface area contributed by atoms with Crippen LogP contribution in [-0.4, -0.2) is 33.5 Å². The van der Waals surface area contributed by atoms with Gasteiger partial charge in [-0.2, -0.15) is 0 Å². The molecule has 0 aliphatic rings. The number of nitrogens with one attached hydrogen (secondary N) is 3. The Kier molecular flexibility index (Phi) is 7.92. The topological polar surface area (TPSA) is 114 Å². The minimum atomic E-state index is -0.966. The van der Waals surface area contributed by atoms with Crippen LogP contribution < -0.4 is 16.2 Å². The standard InChI is InChI=1S/C27H27N5O4/c1-32-23-15-9-8-14-21(23)28-24(32)17-25(33)30-31-26(34)22(16-19-10-4-2-5-11-19)29-27(35)36-18-20-12-6-3-7-13-20/h2-15,22H,16-18H2,1H3,(H,29,35)(H,30,33)(H,31,34)/t22-/m0/s1. The molecule has 0 spiro atoms. The van der Waals surface area contributed by atoms with E-state index in [4.69, 9.17) is 4.74 Å². The summed E-state index contributed by atoms with van der Waals surface area (Å²) in [5, 5.41) is 2.59. The number of nitrogens with zero attached hydrogens (tertiary/aromatic N) is 2. The Morgan fingerprint density at radius 1 is 0.861 bits per heavy atom. The molecule has 36 heavy (non-hydrogen) atoms. The SMILES string of the molecule is Cn1c(CC(=O)NNC(=O)[C@H](Cc2ccccc2)NC(=O)OCc2ccccc2)nc2ccccc21. The van der Waals surface area contributed by atoms with Gasteiger partial charge in [0.25, 0.3) is 5.91 Å². The molecule has 0 saturated heterocycles. The average Bonchev–Trinajstić information content (AvgIpc) is 3.21. The van der Waals surface area contributed by atoms with Gasteiger partial charge in [-0.05, 0) is 23.3 Å². The highest BCUT2D eigenvalue weighted by atomic mass is 16.5. The lowest BCUT2D eigenvalue weighted by molar-refractivity contribution is -0.129. The van der Waals surface area contributed by atoms with Crippen molar-refractivity contribution in [2.45, 2.75) is 25.5 Å². The van der Waals surface area contributed by atoms with Crippen molar-refractivity contribution in [3.63, 3.8) is 0 Å². The van der Waals surface area contributed by atoms with Crippen molar-refractivity contribution in [2.75, 3.05) is 0 Å². The van der Waals surface area contributed by atoms with Crippen molar-refractivity contribution in [1.29, 1.82) is 0 Å². The monoisotopic (exact) mass is 485 g/mol. The van der Waals surface area contributed by atoms with E-state index in [2.05, 4.69) is 21.2 Å². The molecule has 3 amide bonds. The van der Waals surface area contributed by atoms with Crippen molar-refractivity contribution in [2.24, 2.45) is 7.05 Å². The summed E-state index contributed by atoms with van der Waals surface area (Å²) in [5.74, 6) is -0.452. The fourth-order valence-electron chi connectivity index (χ4n) is 3.73. The second-order valence-electron chi connectivity index (χ2n) is 8.24. The molecule has 9 heteroatoms. The number of benzene rings is 3. The molecule has 0 unspecified atom stereocenters. The number of carbonyl (C=O) groups excluding carboxylic acids is 3. The molecular formula is C27H27N5O4. The zero-order valence-corrected chi connectivity index (χ0v) is 19.8. The van der Waals surface area contributed by atoms with Gasteiger partial charge in [-0.25, -0.2) is 9.78 Å². The van der Waals surface area contributed by atoms with Crippen LogP contribution in [-0.2, 0) is 40.8 Å². The van der Waals surface area contributed by atoms with E-state index in [0.717, 1.165) is 22.2 Å². The summed E-state index contributed by atoms with van der Waals surface area (Å²) < 4.78 is 7.10. The summed E-state index contributed by atoms with van der Waals surface area (Å²) in [5.41, 5.74) is 8.18. The number of fused-ring (bicyclic) bond motifs is 1. The maximum absolute atomic E-state index is 12.9. The van der Waals surface area contributed by atoms with Gasteiger partial charge in [0.05, 0.1) is 17.5 Å². The number of carbonyl (C=O) groups is 3. The highest BCUT2D eigenvalue weighted by molar-refractivity contribution is 5.88. The Bertz CT molecular complexity index is 1340. The number of aromatic nitrogens is 2. The smallest absolute Gasteiger partial charge is 0.408 e. The molecule has 1 atom stereocenters. The minimum absolute atomic E-state index is 0.0264. The lowest BCUT2D eigenvalue weighted by atomic mass is 10.1. The Hall–Kier alpha value is -4.66. The molecule has 9 nitrogen and oxygen atoms in total. The van der Waals surface area contributed by atoms with Crippen LogP contribution in [0.25, 0.3) is 11.0 Å². The molecule has 0 saturated carbocycles. The van der Waals surface area contributed by atoms with Crippen molar-refractivity contribution in [3.05, 3.63) is 102 Å². The third-order valence-electron chi connectivity index (χ3n) is 5.63. The first kappa shape index (κ1) is 24.5. The van der Waals surface area contributed by atoms with Crippen molar-refractivity contribution >= 4 is 28.9 Å². The molecule has 0 fully saturated rings. The summed E-state index contributed by atoms with van der Waals surface area (Å²) in [6.45, 7) is 0.0705. The molecule has 0 bridgehead atoms. The van der Waals surface area contributed by atoms with E-state index in [1.54, 1.807) is 0 Å². The van der Waals surface area contributed by atoms with Gasteiger partial charge in [0.1, 0.15) is 18.5 Å². The normalized spacial score (nSPS) is 11.5. The molecule has 184 valence electrons. The third-order valence-corrected chi connectivity index (χ3v) is 5.63. The van der Waals surface area contributed by atoms with Crippen LogP contribution in [0.2, 0.25) is 0 Å². The molecule has 0 radical (unpaired) electrons. The molecule has 0 aliphatic carbocycles. The van der Waals surface area contributed by atoms with Crippen LogP contribution >= 0.6 is 0 Å². The largest absolute Gasteiger partial charge is 0.445 e. The highest BCUT2D eigenvalue weighted by Crippen LogP contribution is 2.14. The van der Waals surface area contributed by atoms with Crippen molar-refractivity contribution < 1.29 is 19.1 Å². The van der Waals surface area contributed by atoms with Crippen LogP contribution in [0.15, 0.2) is 84.9 Å². The van der Waals surface area contributed by atoms with E-state index in [9.17, 15) is 14.4 Å². The minimum Gasteiger partial charge on any atom is -0.445 e. The van der Waals surface area contributed by atoms with Gasteiger partial charge in [-0.15, -0.1) is 0 Å². The second-order valence-corrected chi connectivity index (χ2v) is 8.24. The fourth-order valence-corrected chi connectivity index (χ4v) is 3.73. The van der Waals surface area contributed by atoms with E-state index in [-0.39, 0.29) is 19.4 Å². The molecule has 3 aromatic carbocycles. The van der Waals surface area contributed by atoms with Gasteiger partial charge in [-0.1, -0.05) is 72.8 Å². The number of hydrogen-bond donors (Lipinski definition) is 3. The average molecular weight is 486 g/mol. The number of imidazole rings is 1.